The van der Waals surface area contributed by atoms with E-state index in [2.05, 4.69) is 15.3 Å². The zero-order valence-electron chi connectivity index (χ0n) is 10.9. The summed E-state index contributed by atoms with van der Waals surface area (Å²) in [6.45, 7) is 0.917. The number of methoxy groups -OCH3 is 1. The number of rotatable bonds is 4. The second kappa shape index (κ2) is 5.15. The Morgan fingerprint density at radius 3 is 2.95 bits per heavy atom. The minimum absolute atomic E-state index is 0.385. The molecule has 2 aromatic heterocycles. The number of hydrogen-bond donors (Lipinski definition) is 2. The molecule has 20 heavy (non-hydrogen) atoms. The van der Waals surface area contributed by atoms with Crippen molar-refractivity contribution in [2.75, 3.05) is 12.8 Å². The highest BCUT2D eigenvalue weighted by Crippen LogP contribution is 2.24. The van der Waals surface area contributed by atoms with Gasteiger partial charge < -0.3 is 10.5 Å². The summed E-state index contributed by atoms with van der Waals surface area (Å²) in [6, 6.07) is 7.65. The number of ether oxygens (including phenoxy) is 1. The molecule has 6 nitrogen and oxygen atoms in total. The van der Waals surface area contributed by atoms with E-state index in [0.717, 1.165) is 16.6 Å². The van der Waals surface area contributed by atoms with Gasteiger partial charge >= 0.3 is 0 Å². The van der Waals surface area contributed by atoms with Gasteiger partial charge in [-0.15, -0.1) is 0 Å². The Balaban J connectivity index is 2.06. The molecule has 0 radical (unpaired) electrons. The molecule has 1 aromatic carbocycles. The van der Waals surface area contributed by atoms with Gasteiger partial charge in [0.2, 0.25) is 0 Å². The van der Waals surface area contributed by atoms with E-state index in [4.69, 9.17) is 22.1 Å². The van der Waals surface area contributed by atoms with Gasteiger partial charge in [0.1, 0.15) is 11.5 Å². The number of anilines is 1. The highest BCUT2D eigenvalue weighted by Gasteiger charge is 2.17. The molecule has 0 fully saturated rings. The fraction of sp³-hybridized carbons (Fsp3) is 0.231. The average Bonchev–Trinajstić information content (AvgIpc) is 2.96. The van der Waals surface area contributed by atoms with Gasteiger partial charge in [0, 0.05) is 12.1 Å². The van der Waals surface area contributed by atoms with E-state index in [0.29, 0.717) is 29.6 Å². The molecule has 3 rings (SSSR count). The highest BCUT2D eigenvalue weighted by atomic mass is 35.5. The van der Waals surface area contributed by atoms with Crippen LogP contribution in [0.25, 0.3) is 11.0 Å². The summed E-state index contributed by atoms with van der Waals surface area (Å²) in [5, 5.41) is 13.0. The summed E-state index contributed by atoms with van der Waals surface area (Å²) in [4.78, 5) is 0. The first kappa shape index (κ1) is 13.0. The zero-order chi connectivity index (χ0) is 14.1. The molecule has 0 spiro atoms. The maximum atomic E-state index is 6.18. The van der Waals surface area contributed by atoms with E-state index in [1.54, 1.807) is 11.8 Å². The number of nitrogen functional groups attached to an aromatic ring is 1. The summed E-state index contributed by atoms with van der Waals surface area (Å²) in [5.74, 6) is 0.498. The fourth-order valence-electron chi connectivity index (χ4n) is 2.20. The molecule has 3 aromatic rings. The van der Waals surface area contributed by atoms with Crippen molar-refractivity contribution in [2.24, 2.45) is 0 Å². The molecular weight excluding hydrogens is 278 g/mol. The van der Waals surface area contributed by atoms with Gasteiger partial charge in [0.05, 0.1) is 18.5 Å². The van der Waals surface area contributed by atoms with Crippen LogP contribution in [0.5, 0.6) is 0 Å². The molecule has 0 aliphatic rings. The smallest absolute Gasteiger partial charge is 0.182 e. The van der Waals surface area contributed by atoms with Crippen LogP contribution < -0.4 is 5.73 Å². The van der Waals surface area contributed by atoms with Gasteiger partial charge in [0.25, 0.3) is 0 Å². The van der Waals surface area contributed by atoms with Gasteiger partial charge in [-0.2, -0.15) is 10.2 Å². The van der Waals surface area contributed by atoms with E-state index in [9.17, 15) is 0 Å². The van der Waals surface area contributed by atoms with Crippen molar-refractivity contribution >= 4 is 28.5 Å². The Kier molecular flexibility index (Phi) is 3.33. The summed E-state index contributed by atoms with van der Waals surface area (Å²) in [6.07, 6.45) is 0. The number of aromatic nitrogens is 4. The summed E-state index contributed by atoms with van der Waals surface area (Å²) in [7, 11) is 1.62. The van der Waals surface area contributed by atoms with Crippen LogP contribution in [0, 0.1) is 0 Å². The van der Waals surface area contributed by atoms with Crippen molar-refractivity contribution in [3.05, 3.63) is 40.5 Å². The minimum atomic E-state index is 0.385. The Labute approximate surface area is 120 Å². The van der Waals surface area contributed by atoms with Crippen LogP contribution in [-0.2, 0) is 17.9 Å². The molecule has 0 atom stereocenters. The lowest BCUT2D eigenvalue weighted by atomic mass is 10.2. The molecule has 0 saturated heterocycles. The molecule has 0 aliphatic carbocycles. The standard InChI is InChI=1S/C13H14ClN5O/c1-20-7-10-11-12(15)16-17-13(11)19(18-10)6-8-4-2-3-5-9(8)14/h2-5H,6-7H2,1H3,(H3,15,16,17). The molecule has 2 heterocycles. The monoisotopic (exact) mass is 291 g/mol. The molecule has 0 amide bonds. The van der Waals surface area contributed by atoms with Crippen LogP contribution in [0.15, 0.2) is 24.3 Å². The van der Waals surface area contributed by atoms with Crippen molar-refractivity contribution in [1.29, 1.82) is 0 Å². The number of nitrogens with two attached hydrogens (primary N) is 1. The summed E-state index contributed by atoms with van der Waals surface area (Å²) >= 11 is 6.18. The van der Waals surface area contributed by atoms with Crippen LogP contribution >= 0.6 is 11.6 Å². The lowest BCUT2D eigenvalue weighted by Crippen LogP contribution is -2.04. The number of nitrogens with zero attached hydrogens (tertiary/aromatic N) is 3. The van der Waals surface area contributed by atoms with E-state index < -0.39 is 0 Å². The number of hydrogen-bond acceptors (Lipinski definition) is 4. The maximum absolute atomic E-state index is 6.18. The summed E-state index contributed by atoms with van der Waals surface area (Å²) < 4.78 is 6.92. The van der Waals surface area contributed by atoms with Gasteiger partial charge in [-0.25, -0.2) is 4.68 Å². The molecular formula is C13H14ClN5O. The normalized spacial score (nSPS) is 11.3. The number of H-pyrrole nitrogens is 1. The number of nitrogens with one attached hydrogen (secondary N) is 1. The predicted molar refractivity (Wildman–Crippen MR) is 77.6 cm³/mol. The van der Waals surface area contributed by atoms with Crippen molar-refractivity contribution < 1.29 is 4.74 Å². The number of halogens is 1. The molecule has 104 valence electrons. The largest absolute Gasteiger partial charge is 0.383 e. The van der Waals surface area contributed by atoms with E-state index in [1.165, 1.54) is 0 Å². The van der Waals surface area contributed by atoms with Crippen LogP contribution in [0.3, 0.4) is 0 Å². The third kappa shape index (κ3) is 2.13. The Hall–Kier alpha value is -2.05. The van der Waals surface area contributed by atoms with E-state index in [-0.39, 0.29) is 0 Å². The first-order chi connectivity index (χ1) is 9.70. The Bertz CT molecular complexity index is 748. The topological polar surface area (TPSA) is 81.8 Å². The molecule has 0 unspecified atom stereocenters. The quantitative estimate of drug-likeness (QED) is 0.772. The number of benzene rings is 1. The molecule has 3 N–H and O–H groups in total. The predicted octanol–water partition coefficient (Wildman–Crippen LogP) is 2.19. The lowest BCUT2D eigenvalue weighted by Gasteiger charge is -2.04. The Morgan fingerprint density at radius 1 is 1.40 bits per heavy atom. The van der Waals surface area contributed by atoms with Gasteiger partial charge in [-0.1, -0.05) is 29.8 Å². The zero-order valence-corrected chi connectivity index (χ0v) is 11.7. The first-order valence-corrected chi connectivity index (χ1v) is 6.50. The van der Waals surface area contributed by atoms with E-state index >= 15 is 0 Å². The average molecular weight is 292 g/mol. The maximum Gasteiger partial charge on any atom is 0.182 e. The van der Waals surface area contributed by atoms with Crippen LogP contribution in [-0.4, -0.2) is 27.1 Å². The third-order valence-corrected chi connectivity index (χ3v) is 3.48. The SMILES string of the molecule is COCc1nn(Cc2ccccc2Cl)c2n[nH]c(N)c12. The van der Waals surface area contributed by atoms with Gasteiger partial charge in [-0.05, 0) is 11.6 Å². The second-order valence-electron chi connectivity index (χ2n) is 4.46. The van der Waals surface area contributed by atoms with Crippen molar-refractivity contribution in [2.45, 2.75) is 13.2 Å². The van der Waals surface area contributed by atoms with Crippen LogP contribution in [0.1, 0.15) is 11.3 Å². The number of fused-ring (bicyclic) bond motifs is 1. The molecule has 7 heteroatoms. The van der Waals surface area contributed by atoms with Crippen LogP contribution in [0.4, 0.5) is 5.82 Å². The van der Waals surface area contributed by atoms with E-state index in [1.807, 2.05) is 24.3 Å². The van der Waals surface area contributed by atoms with Crippen molar-refractivity contribution in [1.82, 2.24) is 20.0 Å². The van der Waals surface area contributed by atoms with Gasteiger partial charge in [0.15, 0.2) is 5.65 Å². The fourth-order valence-corrected chi connectivity index (χ4v) is 2.39. The van der Waals surface area contributed by atoms with Gasteiger partial charge in [-0.3, -0.25) is 5.10 Å². The van der Waals surface area contributed by atoms with Crippen LogP contribution in [0.2, 0.25) is 5.02 Å². The highest BCUT2D eigenvalue weighted by molar-refractivity contribution is 6.31. The molecule has 0 aliphatic heterocycles. The lowest BCUT2D eigenvalue weighted by molar-refractivity contribution is 0.182. The Morgan fingerprint density at radius 2 is 2.20 bits per heavy atom. The molecule has 0 saturated carbocycles. The van der Waals surface area contributed by atoms with Crippen molar-refractivity contribution in [3.63, 3.8) is 0 Å². The summed E-state index contributed by atoms with van der Waals surface area (Å²) in [5.41, 5.74) is 8.33. The molecule has 0 bridgehead atoms. The van der Waals surface area contributed by atoms with Crippen molar-refractivity contribution in [3.8, 4) is 0 Å². The second-order valence-corrected chi connectivity index (χ2v) is 4.87. The minimum Gasteiger partial charge on any atom is -0.383 e. The first-order valence-electron chi connectivity index (χ1n) is 6.12. The number of aromatic amines is 1. The third-order valence-electron chi connectivity index (χ3n) is 3.11.